The molecular weight excluding hydrogens is 378 g/mol. The number of carbonyl (C=O) groups is 2. The van der Waals surface area contributed by atoms with Gasteiger partial charge in [0.05, 0.1) is 11.9 Å². The highest BCUT2D eigenvalue weighted by Gasteiger charge is 2.27. The van der Waals surface area contributed by atoms with Gasteiger partial charge in [0, 0.05) is 49.7 Å². The van der Waals surface area contributed by atoms with Crippen molar-refractivity contribution in [2.45, 2.75) is 26.3 Å². The normalized spacial score (nSPS) is 14.5. The van der Waals surface area contributed by atoms with E-state index in [9.17, 15) is 9.59 Å². The lowest BCUT2D eigenvalue weighted by atomic mass is 9.95. The Morgan fingerprint density at radius 2 is 1.87 bits per heavy atom. The molecule has 1 fully saturated rings. The summed E-state index contributed by atoms with van der Waals surface area (Å²) in [4.78, 5) is 31.2. The second-order valence-electron chi connectivity index (χ2n) is 7.65. The van der Waals surface area contributed by atoms with E-state index in [1.54, 1.807) is 23.3 Å². The number of likely N-dealkylation sites (tertiary alicyclic amines) is 1. The number of nitrogens with zero attached hydrogens (tertiary/aromatic N) is 4. The molecule has 3 heterocycles. The summed E-state index contributed by atoms with van der Waals surface area (Å²) in [7, 11) is 0. The summed E-state index contributed by atoms with van der Waals surface area (Å²) >= 11 is 0. The van der Waals surface area contributed by atoms with Crippen molar-refractivity contribution < 1.29 is 9.59 Å². The van der Waals surface area contributed by atoms with Crippen molar-refractivity contribution in [3.05, 3.63) is 77.9 Å². The highest BCUT2D eigenvalue weighted by atomic mass is 16.2. The van der Waals surface area contributed by atoms with Gasteiger partial charge in [-0.3, -0.25) is 14.6 Å². The molecule has 2 aromatic heterocycles. The maximum Gasteiger partial charge on any atom is 0.253 e. The van der Waals surface area contributed by atoms with Crippen LogP contribution in [0.15, 0.2) is 61.2 Å². The molecule has 1 N–H and O–H groups in total. The van der Waals surface area contributed by atoms with Crippen LogP contribution in [0.3, 0.4) is 0 Å². The fourth-order valence-corrected chi connectivity index (χ4v) is 3.67. The van der Waals surface area contributed by atoms with Crippen molar-refractivity contribution in [2.24, 2.45) is 5.92 Å². The molecule has 7 nitrogen and oxygen atoms in total. The Balaban J connectivity index is 1.29. The zero-order valence-corrected chi connectivity index (χ0v) is 17.0. The van der Waals surface area contributed by atoms with E-state index in [1.807, 2.05) is 54.4 Å². The molecule has 4 rings (SSSR count). The molecule has 7 heteroatoms. The third kappa shape index (κ3) is 4.56. The number of benzene rings is 1. The minimum absolute atomic E-state index is 0.00686. The van der Waals surface area contributed by atoms with Crippen molar-refractivity contribution in [1.29, 1.82) is 0 Å². The third-order valence-electron chi connectivity index (χ3n) is 5.43. The maximum atomic E-state index is 12.8. The number of hydrogen-bond acceptors (Lipinski definition) is 4. The molecule has 1 aliphatic rings. The van der Waals surface area contributed by atoms with Gasteiger partial charge in [-0.15, -0.1) is 0 Å². The Kier molecular flexibility index (Phi) is 5.88. The average Bonchev–Trinajstić information content (AvgIpc) is 3.24. The molecule has 1 saturated heterocycles. The zero-order chi connectivity index (χ0) is 20.9. The molecule has 0 saturated carbocycles. The summed E-state index contributed by atoms with van der Waals surface area (Å²) in [5.74, 6) is -0.00612. The number of rotatable bonds is 5. The quantitative estimate of drug-likeness (QED) is 0.710. The number of nitrogens with one attached hydrogen (secondary N) is 1. The van der Waals surface area contributed by atoms with Crippen LogP contribution in [0.25, 0.3) is 5.69 Å². The summed E-state index contributed by atoms with van der Waals surface area (Å²) in [6, 6.07) is 11.3. The van der Waals surface area contributed by atoms with Crippen LogP contribution in [0.4, 0.5) is 0 Å². The van der Waals surface area contributed by atoms with E-state index in [0.717, 1.165) is 16.8 Å². The number of piperidine rings is 1. The maximum absolute atomic E-state index is 12.8. The van der Waals surface area contributed by atoms with Crippen LogP contribution >= 0.6 is 0 Å². The first-order valence-corrected chi connectivity index (χ1v) is 10.2. The van der Waals surface area contributed by atoms with Crippen LogP contribution in [0, 0.1) is 12.8 Å². The summed E-state index contributed by atoms with van der Waals surface area (Å²) in [5, 5.41) is 7.27. The van der Waals surface area contributed by atoms with Crippen molar-refractivity contribution in [2.75, 3.05) is 13.1 Å². The molecule has 0 bridgehead atoms. The number of hydrogen-bond donors (Lipinski definition) is 1. The molecule has 154 valence electrons. The van der Waals surface area contributed by atoms with Crippen LogP contribution in [0.2, 0.25) is 0 Å². The molecule has 1 aliphatic heterocycles. The van der Waals surface area contributed by atoms with Gasteiger partial charge in [-0.05, 0) is 61.2 Å². The Labute approximate surface area is 175 Å². The van der Waals surface area contributed by atoms with Gasteiger partial charge >= 0.3 is 0 Å². The van der Waals surface area contributed by atoms with Gasteiger partial charge in [0.15, 0.2) is 0 Å². The SMILES string of the molecule is Cc1cnn(-c2ccc(C(=O)N3CCC(C(=O)NCc4cccnc4)CC3)cc2)c1. The second kappa shape index (κ2) is 8.90. The van der Waals surface area contributed by atoms with Gasteiger partial charge in [0.1, 0.15) is 0 Å². The first-order chi connectivity index (χ1) is 14.6. The van der Waals surface area contributed by atoms with Gasteiger partial charge in [-0.1, -0.05) is 6.07 Å². The predicted octanol–water partition coefficient (Wildman–Crippen LogP) is 2.74. The van der Waals surface area contributed by atoms with Crippen molar-refractivity contribution in [3.63, 3.8) is 0 Å². The largest absolute Gasteiger partial charge is 0.352 e. The van der Waals surface area contributed by atoms with E-state index in [0.29, 0.717) is 38.0 Å². The molecule has 0 spiro atoms. The fraction of sp³-hybridized carbons (Fsp3) is 0.304. The smallest absolute Gasteiger partial charge is 0.253 e. The van der Waals surface area contributed by atoms with Gasteiger partial charge in [0.25, 0.3) is 5.91 Å². The molecular formula is C23H25N5O2. The summed E-state index contributed by atoms with van der Waals surface area (Å²) in [6.07, 6.45) is 8.56. The van der Waals surface area contributed by atoms with E-state index in [-0.39, 0.29) is 17.7 Å². The molecule has 1 aromatic carbocycles. The van der Waals surface area contributed by atoms with Gasteiger partial charge in [-0.2, -0.15) is 5.10 Å². The Morgan fingerprint density at radius 3 is 2.50 bits per heavy atom. The van der Waals surface area contributed by atoms with E-state index < -0.39 is 0 Å². The highest BCUT2D eigenvalue weighted by Crippen LogP contribution is 2.20. The van der Waals surface area contributed by atoms with E-state index >= 15 is 0 Å². The van der Waals surface area contributed by atoms with Crippen LogP contribution in [-0.4, -0.2) is 44.6 Å². The van der Waals surface area contributed by atoms with Crippen molar-refractivity contribution in [1.82, 2.24) is 25.0 Å². The van der Waals surface area contributed by atoms with Gasteiger partial charge in [-0.25, -0.2) is 4.68 Å². The molecule has 0 radical (unpaired) electrons. The van der Waals surface area contributed by atoms with Crippen LogP contribution in [0.1, 0.15) is 34.3 Å². The molecule has 3 aromatic rings. The molecule has 0 aliphatic carbocycles. The number of aromatic nitrogens is 3. The predicted molar refractivity (Wildman–Crippen MR) is 113 cm³/mol. The minimum Gasteiger partial charge on any atom is -0.352 e. The van der Waals surface area contributed by atoms with Crippen molar-refractivity contribution in [3.8, 4) is 5.69 Å². The van der Waals surface area contributed by atoms with Crippen LogP contribution in [-0.2, 0) is 11.3 Å². The zero-order valence-electron chi connectivity index (χ0n) is 17.0. The fourth-order valence-electron chi connectivity index (χ4n) is 3.67. The van der Waals surface area contributed by atoms with E-state index in [2.05, 4.69) is 15.4 Å². The monoisotopic (exact) mass is 403 g/mol. The highest BCUT2D eigenvalue weighted by molar-refractivity contribution is 5.94. The lowest BCUT2D eigenvalue weighted by molar-refractivity contribution is -0.126. The number of amides is 2. The Bertz CT molecular complexity index is 1010. The van der Waals surface area contributed by atoms with Crippen LogP contribution < -0.4 is 5.32 Å². The molecule has 0 atom stereocenters. The third-order valence-corrected chi connectivity index (χ3v) is 5.43. The molecule has 0 unspecified atom stereocenters. The Morgan fingerprint density at radius 1 is 1.10 bits per heavy atom. The Hall–Kier alpha value is -3.48. The first kappa shape index (κ1) is 19.8. The number of carbonyl (C=O) groups excluding carboxylic acids is 2. The number of pyridine rings is 1. The molecule has 2 amide bonds. The van der Waals surface area contributed by atoms with Crippen LogP contribution in [0.5, 0.6) is 0 Å². The second-order valence-corrected chi connectivity index (χ2v) is 7.65. The summed E-state index contributed by atoms with van der Waals surface area (Å²) in [5.41, 5.74) is 3.64. The first-order valence-electron chi connectivity index (χ1n) is 10.2. The van der Waals surface area contributed by atoms with Crippen molar-refractivity contribution >= 4 is 11.8 Å². The average molecular weight is 403 g/mol. The lowest BCUT2D eigenvalue weighted by Crippen LogP contribution is -2.42. The summed E-state index contributed by atoms with van der Waals surface area (Å²) < 4.78 is 1.79. The molecule has 30 heavy (non-hydrogen) atoms. The van der Waals surface area contributed by atoms with Gasteiger partial charge in [0.2, 0.25) is 5.91 Å². The minimum atomic E-state index is -0.0591. The van der Waals surface area contributed by atoms with Gasteiger partial charge < -0.3 is 10.2 Å². The van der Waals surface area contributed by atoms with E-state index in [4.69, 9.17) is 0 Å². The standard InChI is InChI=1S/C23H25N5O2/c1-17-13-26-28(16-17)21-6-4-20(5-7-21)23(30)27-11-8-19(9-12-27)22(29)25-15-18-3-2-10-24-14-18/h2-7,10,13-14,16,19H,8-9,11-12,15H2,1H3,(H,25,29). The summed E-state index contributed by atoms with van der Waals surface area (Å²) in [6.45, 7) is 3.64. The number of aryl methyl sites for hydroxylation is 1. The van der Waals surface area contributed by atoms with E-state index in [1.165, 1.54) is 0 Å². The lowest BCUT2D eigenvalue weighted by Gasteiger charge is -2.31. The topological polar surface area (TPSA) is 80.1 Å².